The van der Waals surface area contributed by atoms with Crippen LogP contribution in [0.4, 0.5) is 4.39 Å². The molecule has 5 nitrogen and oxygen atoms in total. The number of rotatable bonds is 7. The molecule has 1 aliphatic rings. The minimum Gasteiger partial charge on any atom is -0.464 e. The second kappa shape index (κ2) is 8.28. The summed E-state index contributed by atoms with van der Waals surface area (Å²) < 4.78 is 21.7. The normalized spacial score (nSPS) is 16.1. The number of nitrogens with zero attached hydrogens (tertiary/aromatic N) is 2. The average Bonchev–Trinajstić information content (AvgIpc) is 3.45. The molecule has 6 heteroatoms. The van der Waals surface area contributed by atoms with E-state index in [1.807, 2.05) is 57.2 Å². The van der Waals surface area contributed by atoms with Crippen LogP contribution in [0, 0.1) is 18.2 Å². The Kier molecular flexibility index (Phi) is 5.39. The van der Waals surface area contributed by atoms with E-state index in [0.29, 0.717) is 12.2 Å². The first kappa shape index (κ1) is 22.1. The second-order valence-corrected chi connectivity index (χ2v) is 9.42. The van der Waals surface area contributed by atoms with Gasteiger partial charge in [-0.3, -0.25) is 4.79 Å². The summed E-state index contributed by atoms with van der Waals surface area (Å²) >= 11 is 0. The molecule has 0 aliphatic heterocycles. The molecule has 1 amide bonds. The molecular formula is C28H28FN3O2. The van der Waals surface area contributed by atoms with Crippen molar-refractivity contribution in [2.75, 3.05) is 0 Å². The van der Waals surface area contributed by atoms with E-state index in [2.05, 4.69) is 16.5 Å². The Morgan fingerprint density at radius 1 is 1.15 bits per heavy atom. The summed E-state index contributed by atoms with van der Waals surface area (Å²) in [6.45, 7) is 6.04. The lowest BCUT2D eigenvalue weighted by atomic mass is 9.96. The van der Waals surface area contributed by atoms with E-state index in [1.165, 1.54) is 12.1 Å². The highest BCUT2D eigenvalue weighted by Gasteiger charge is 2.48. The summed E-state index contributed by atoms with van der Waals surface area (Å²) in [5, 5.41) is 8.61. The van der Waals surface area contributed by atoms with Gasteiger partial charge in [-0.05, 0) is 62.2 Å². The van der Waals surface area contributed by atoms with E-state index in [1.54, 1.807) is 23.0 Å². The van der Waals surface area contributed by atoms with Crippen molar-refractivity contribution in [3.63, 3.8) is 0 Å². The number of benzene rings is 3. The third kappa shape index (κ3) is 4.04. The number of ether oxygens (including phenoxy) is 1. The van der Waals surface area contributed by atoms with Crippen LogP contribution in [-0.4, -0.2) is 15.7 Å². The molecule has 34 heavy (non-hydrogen) atoms. The molecule has 0 saturated heterocycles. The molecule has 1 atom stereocenters. The second-order valence-electron chi connectivity index (χ2n) is 9.42. The molecule has 0 bridgehead atoms. The van der Waals surface area contributed by atoms with Gasteiger partial charge in [-0.15, -0.1) is 0 Å². The number of nitrogens with one attached hydrogen (secondary N) is 1. The van der Waals surface area contributed by atoms with E-state index < -0.39 is 5.72 Å². The number of fused-ring (bicyclic) bond motifs is 1. The molecule has 1 N–H and O–H groups in total. The van der Waals surface area contributed by atoms with Gasteiger partial charge in [-0.25, -0.2) is 9.07 Å². The van der Waals surface area contributed by atoms with Gasteiger partial charge >= 0.3 is 0 Å². The van der Waals surface area contributed by atoms with Gasteiger partial charge in [0.05, 0.1) is 17.4 Å². The Morgan fingerprint density at radius 3 is 2.59 bits per heavy atom. The minimum absolute atomic E-state index is 0.0149. The van der Waals surface area contributed by atoms with Crippen LogP contribution in [0.2, 0.25) is 0 Å². The maximum atomic E-state index is 13.3. The summed E-state index contributed by atoms with van der Waals surface area (Å²) in [5.74, 6) is 0.363. The highest BCUT2D eigenvalue weighted by molar-refractivity contribution is 5.85. The lowest BCUT2D eigenvalue weighted by Gasteiger charge is -2.36. The minimum atomic E-state index is -0.991. The van der Waals surface area contributed by atoms with Crippen LogP contribution in [0.25, 0.3) is 16.6 Å². The molecule has 5 rings (SSSR count). The maximum absolute atomic E-state index is 13.3. The fraction of sp³-hybridized carbons (Fsp3) is 0.286. The number of aryl methyl sites for hydroxylation is 1. The van der Waals surface area contributed by atoms with Crippen molar-refractivity contribution in [1.82, 2.24) is 15.1 Å². The Hall–Kier alpha value is -3.67. The van der Waals surface area contributed by atoms with Gasteiger partial charge in [0.2, 0.25) is 11.6 Å². The number of amides is 1. The van der Waals surface area contributed by atoms with Crippen molar-refractivity contribution in [3.05, 3.63) is 89.9 Å². The van der Waals surface area contributed by atoms with Crippen LogP contribution in [0.1, 0.15) is 44.2 Å². The molecule has 1 aromatic heterocycles. The zero-order valence-electron chi connectivity index (χ0n) is 19.6. The number of hydrogen-bond donors (Lipinski definition) is 1. The third-order valence-corrected chi connectivity index (χ3v) is 6.75. The monoisotopic (exact) mass is 457 g/mol. The van der Waals surface area contributed by atoms with Crippen LogP contribution in [0.3, 0.4) is 0 Å². The van der Waals surface area contributed by atoms with Gasteiger partial charge in [0.1, 0.15) is 11.6 Å². The number of carbonyl (C=O) groups excluding carboxylic acids is 1. The highest BCUT2D eigenvalue weighted by atomic mass is 19.1. The number of carbonyl (C=O) groups is 1. The van der Waals surface area contributed by atoms with Crippen molar-refractivity contribution in [3.8, 4) is 11.4 Å². The molecule has 174 valence electrons. The Balaban J connectivity index is 1.52. The van der Waals surface area contributed by atoms with Crippen molar-refractivity contribution in [1.29, 1.82) is 0 Å². The molecule has 1 fully saturated rings. The quantitative estimate of drug-likeness (QED) is 0.345. The van der Waals surface area contributed by atoms with Crippen molar-refractivity contribution in [2.24, 2.45) is 5.41 Å². The van der Waals surface area contributed by atoms with Crippen LogP contribution >= 0.6 is 0 Å². The van der Waals surface area contributed by atoms with Crippen LogP contribution < -0.4 is 10.1 Å². The van der Waals surface area contributed by atoms with Crippen LogP contribution in [0.15, 0.2) is 72.9 Å². The van der Waals surface area contributed by atoms with E-state index in [-0.39, 0.29) is 17.1 Å². The van der Waals surface area contributed by atoms with E-state index in [0.717, 1.165) is 40.6 Å². The van der Waals surface area contributed by atoms with Gasteiger partial charge in [0, 0.05) is 22.8 Å². The number of hydrogen-bond acceptors (Lipinski definition) is 3. The van der Waals surface area contributed by atoms with E-state index in [9.17, 15) is 9.18 Å². The van der Waals surface area contributed by atoms with Crippen molar-refractivity contribution < 1.29 is 13.9 Å². The van der Waals surface area contributed by atoms with Gasteiger partial charge < -0.3 is 10.1 Å². The molecular weight excluding hydrogens is 429 g/mol. The van der Waals surface area contributed by atoms with Gasteiger partial charge in [0.15, 0.2) is 0 Å². The Bertz CT molecular complexity index is 1360. The molecule has 1 unspecified atom stereocenters. The van der Waals surface area contributed by atoms with Gasteiger partial charge in [0.25, 0.3) is 0 Å². The van der Waals surface area contributed by atoms with Gasteiger partial charge in [-0.1, -0.05) is 43.7 Å². The molecule has 0 radical (unpaired) electrons. The molecule has 1 aliphatic carbocycles. The topological polar surface area (TPSA) is 56.1 Å². The number of halogens is 1. The van der Waals surface area contributed by atoms with Crippen molar-refractivity contribution >= 4 is 16.8 Å². The Labute approximate surface area is 198 Å². The maximum Gasteiger partial charge on any atom is 0.229 e. The molecule has 1 saturated carbocycles. The Morgan fingerprint density at radius 2 is 1.91 bits per heavy atom. The average molecular weight is 458 g/mol. The smallest absolute Gasteiger partial charge is 0.229 e. The van der Waals surface area contributed by atoms with Crippen LogP contribution in [0.5, 0.6) is 5.75 Å². The van der Waals surface area contributed by atoms with Gasteiger partial charge in [-0.2, -0.15) is 5.10 Å². The third-order valence-electron chi connectivity index (χ3n) is 6.75. The van der Waals surface area contributed by atoms with Crippen molar-refractivity contribution in [2.45, 2.75) is 45.8 Å². The number of aromatic nitrogens is 2. The SMILES string of the molecule is CCC(NC(=O)C1(C)CC1)(Oc1ccc2c(cnn2-c2ccc(F)cc2)c1)c1cccc(C)c1. The van der Waals surface area contributed by atoms with E-state index in [4.69, 9.17) is 4.74 Å². The fourth-order valence-corrected chi connectivity index (χ4v) is 4.23. The summed E-state index contributed by atoms with van der Waals surface area (Å²) in [5.41, 5.74) is 2.35. The predicted octanol–water partition coefficient (Wildman–Crippen LogP) is 6.03. The standard InChI is InChI=1S/C28H28FN3O2/c1-4-28(21-7-5-6-19(2)16-21,31-26(33)27(3)14-15-27)34-24-12-13-25-20(17-24)18-30-32(25)23-10-8-22(29)9-11-23/h5-13,16-18H,4,14-15H2,1-3H3,(H,31,33). The molecule has 3 aromatic carbocycles. The highest BCUT2D eigenvalue weighted by Crippen LogP contribution is 2.46. The lowest BCUT2D eigenvalue weighted by molar-refractivity contribution is -0.133. The summed E-state index contributed by atoms with van der Waals surface area (Å²) in [6, 6.07) is 20.0. The molecule has 0 spiro atoms. The van der Waals surface area contributed by atoms with E-state index >= 15 is 0 Å². The molecule has 4 aromatic rings. The fourth-order valence-electron chi connectivity index (χ4n) is 4.23. The lowest BCUT2D eigenvalue weighted by Crippen LogP contribution is -2.52. The largest absolute Gasteiger partial charge is 0.464 e. The summed E-state index contributed by atoms with van der Waals surface area (Å²) in [4.78, 5) is 13.1. The first-order valence-corrected chi connectivity index (χ1v) is 11.6. The summed E-state index contributed by atoms with van der Waals surface area (Å²) in [6.07, 6.45) is 4.10. The zero-order valence-corrected chi connectivity index (χ0v) is 19.6. The summed E-state index contributed by atoms with van der Waals surface area (Å²) in [7, 11) is 0. The molecule has 1 heterocycles. The first-order chi connectivity index (χ1) is 16.3. The zero-order chi connectivity index (χ0) is 23.9. The van der Waals surface area contributed by atoms with Crippen LogP contribution in [-0.2, 0) is 10.5 Å². The predicted molar refractivity (Wildman–Crippen MR) is 130 cm³/mol. The first-order valence-electron chi connectivity index (χ1n) is 11.6.